The molecule has 6 nitrogen and oxygen atoms in total. The number of hydrogen-bond donors (Lipinski definition) is 3. The van der Waals surface area contributed by atoms with Crippen LogP contribution in [-0.4, -0.2) is 50.9 Å². The SMILES string of the molecule is CS(=O)(=O)c1ccc(-c2ccc(C(=O)NC[C@@]3(O)CCNC3)cc2)cc1. The van der Waals surface area contributed by atoms with E-state index in [1.165, 1.54) is 6.26 Å². The first kappa shape index (κ1) is 18.6. The lowest BCUT2D eigenvalue weighted by Crippen LogP contribution is -2.44. The van der Waals surface area contributed by atoms with E-state index < -0.39 is 15.4 Å². The first-order valence-electron chi connectivity index (χ1n) is 8.39. The molecule has 1 amide bonds. The molecule has 0 radical (unpaired) electrons. The molecule has 1 aliphatic heterocycles. The third kappa shape index (κ3) is 4.30. The fourth-order valence-electron chi connectivity index (χ4n) is 2.94. The van der Waals surface area contributed by atoms with Crippen LogP contribution in [0.15, 0.2) is 53.4 Å². The smallest absolute Gasteiger partial charge is 0.251 e. The molecule has 26 heavy (non-hydrogen) atoms. The van der Waals surface area contributed by atoms with Crippen LogP contribution in [0, 0.1) is 0 Å². The molecule has 1 aliphatic rings. The predicted octanol–water partition coefficient (Wildman–Crippen LogP) is 1.21. The minimum absolute atomic E-state index is 0.216. The number of hydrogen-bond acceptors (Lipinski definition) is 5. The van der Waals surface area contributed by atoms with E-state index in [4.69, 9.17) is 0 Å². The van der Waals surface area contributed by atoms with Crippen molar-refractivity contribution in [2.24, 2.45) is 0 Å². The molecule has 0 unspecified atom stereocenters. The molecule has 1 heterocycles. The van der Waals surface area contributed by atoms with Gasteiger partial charge in [-0.15, -0.1) is 0 Å². The summed E-state index contributed by atoms with van der Waals surface area (Å²) in [6.07, 6.45) is 1.79. The Balaban J connectivity index is 1.67. The number of aliphatic hydroxyl groups is 1. The van der Waals surface area contributed by atoms with Gasteiger partial charge in [-0.3, -0.25) is 4.79 Å². The number of amides is 1. The quantitative estimate of drug-likeness (QED) is 0.731. The van der Waals surface area contributed by atoms with E-state index >= 15 is 0 Å². The van der Waals surface area contributed by atoms with Crippen molar-refractivity contribution >= 4 is 15.7 Å². The van der Waals surface area contributed by atoms with Gasteiger partial charge in [-0.1, -0.05) is 24.3 Å². The van der Waals surface area contributed by atoms with Crippen LogP contribution in [0.5, 0.6) is 0 Å². The summed E-state index contributed by atoms with van der Waals surface area (Å²) in [6.45, 7) is 1.45. The topological polar surface area (TPSA) is 95.5 Å². The molecule has 2 aromatic carbocycles. The van der Waals surface area contributed by atoms with E-state index in [-0.39, 0.29) is 17.3 Å². The molecule has 0 spiro atoms. The number of nitrogens with one attached hydrogen (secondary N) is 2. The molecule has 3 rings (SSSR count). The molecule has 0 saturated carbocycles. The fourth-order valence-corrected chi connectivity index (χ4v) is 3.57. The number of carbonyl (C=O) groups is 1. The third-order valence-electron chi connectivity index (χ3n) is 4.56. The second-order valence-corrected chi connectivity index (χ2v) is 8.72. The zero-order valence-electron chi connectivity index (χ0n) is 14.5. The van der Waals surface area contributed by atoms with Crippen LogP contribution in [0.25, 0.3) is 11.1 Å². The second-order valence-electron chi connectivity index (χ2n) is 6.71. The lowest BCUT2D eigenvalue weighted by atomic mass is 10.0. The van der Waals surface area contributed by atoms with Gasteiger partial charge in [0.15, 0.2) is 9.84 Å². The van der Waals surface area contributed by atoms with Crippen LogP contribution in [0.4, 0.5) is 0 Å². The Bertz CT molecular complexity index is 884. The van der Waals surface area contributed by atoms with E-state index in [1.54, 1.807) is 36.4 Å². The van der Waals surface area contributed by atoms with Gasteiger partial charge >= 0.3 is 0 Å². The summed E-state index contributed by atoms with van der Waals surface area (Å²) in [5, 5.41) is 16.1. The Labute approximate surface area is 153 Å². The monoisotopic (exact) mass is 374 g/mol. The highest BCUT2D eigenvalue weighted by molar-refractivity contribution is 7.90. The summed E-state index contributed by atoms with van der Waals surface area (Å²) in [7, 11) is -3.22. The molecule has 1 fully saturated rings. The molecule has 1 atom stereocenters. The minimum Gasteiger partial charge on any atom is -0.387 e. The van der Waals surface area contributed by atoms with Crippen LogP contribution in [0.3, 0.4) is 0 Å². The van der Waals surface area contributed by atoms with Gasteiger partial charge in [-0.25, -0.2) is 8.42 Å². The van der Waals surface area contributed by atoms with Gasteiger partial charge in [0.2, 0.25) is 0 Å². The maximum Gasteiger partial charge on any atom is 0.251 e. The Kier molecular flexibility index (Phi) is 5.13. The molecule has 138 valence electrons. The first-order chi connectivity index (χ1) is 12.3. The number of rotatable bonds is 5. The van der Waals surface area contributed by atoms with Crippen LogP contribution in [0.1, 0.15) is 16.8 Å². The van der Waals surface area contributed by atoms with Crippen molar-refractivity contribution in [3.63, 3.8) is 0 Å². The predicted molar refractivity (Wildman–Crippen MR) is 99.8 cm³/mol. The standard InChI is InChI=1S/C19H22N2O4S/c1-26(24,25)17-8-6-15(7-9-17)14-2-4-16(5-3-14)18(22)21-13-19(23)10-11-20-12-19/h2-9,20,23H,10-13H2,1H3,(H,21,22)/t19-/m1/s1. The molecule has 0 aromatic heterocycles. The van der Waals surface area contributed by atoms with E-state index in [1.807, 2.05) is 12.1 Å². The second kappa shape index (κ2) is 7.19. The summed E-state index contributed by atoms with van der Waals surface area (Å²) in [5.41, 5.74) is 1.39. The molecule has 3 N–H and O–H groups in total. The number of carbonyl (C=O) groups excluding carboxylic acids is 1. The summed E-state index contributed by atoms with van der Waals surface area (Å²) in [5.74, 6) is -0.232. The number of benzene rings is 2. The summed E-state index contributed by atoms with van der Waals surface area (Å²) >= 11 is 0. The first-order valence-corrected chi connectivity index (χ1v) is 10.3. The van der Waals surface area contributed by atoms with Gasteiger partial charge in [-0.05, 0) is 48.4 Å². The van der Waals surface area contributed by atoms with Gasteiger partial charge < -0.3 is 15.7 Å². The normalized spacial score (nSPS) is 20.1. The van der Waals surface area contributed by atoms with Crippen molar-refractivity contribution in [2.45, 2.75) is 16.9 Å². The zero-order valence-corrected chi connectivity index (χ0v) is 15.3. The number of sulfone groups is 1. The van der Waals surface area contributed by atoms with E-state index in [0.29, 0.717) is 18.5 Å². The van der Waals surface area contributed by atoms with Gasteiger partial charge in [-0.2, -0.15) is 0 Å². The van der Waals surface area contributed by atoms with Crippen LogP contribution in [0.2, 0.25) is 0 Å². The fraction of sp³-hybridized carbons (Fsp3) is 0.316. The lowest BCUT2D eigenvalue weighted by molar-refractivity contribution is 0.0562. The molecule has 0 aliphatic carbocycles. The van der Waals surface area contributed by atoms with Crippen LogP contribution < -0.4 is 10.6 Å². The van der Waals surface area contributed by atoms with Crippen molar-refractivity contribution in [3.8, 4) is 11.1 Å². The highest BCUT2D eigenvalue weighted by atomic mass is 32.2. The van der Waals surface area contributed by atoms with Crippen molar-refractivity contribution in [2.75, 3.05) is 25.9 Å². The van der Waals surface area contributed by atoms with Crippen LogP contribution in [-0.2, 0) is 9.84 Å². The van der Waals surface area contributed by atoms with Crippen molar-refractivity contribution < 1.29 is 18.3 Å². The molecule has 7 heteroatoms. The third-order valence-corrected chi connectivity index (χ3v) is 5.69. The summed E-state index contributed by atoms with van der Waals surface area (Å²) < 4.78 is 23.0. The Morgan fingerprint density at radius 2 is 1.69 bits per heavy atom. The van der Waals surface area contributed by atoms with Crippen molar-refractivity contribution in [1.29, 1.82) is 0 Å². The highest BCUT2D eigenvalue weighted by Crippen LogP contribution is 2.22. The Hall–Kier alpha value is -2.22. The summed E-state index contributed by atoms with van der Waals surface area (Å²) in [4.78, 5) is 12.5. The van der Waals surface area contributed by atoms with E-state index in [0.717, 1.165) is 17.7 Å². The van der Waals surface area contributed by atoms with Gasteiger partial charge in [0.05, 0.1) is 10.5 Å². The maximum atomic E-state index is 12.2. The summed E-state index contributed by atoms with van der Waals surface area (Å²) in [6, 6.07) is 13.7. The molecular formula is C19H22N2O4S. The van der Waals surface area contributed by atoms with Crippen molar-refractivity contribution in [3.05, 3.63) is 54.1 Å². The maximum absolute atomic E-state index is 12.2. The molecule has 1 saturated heterocycles. The zero-order chi connectivity index (χ0) is 18.8. The van der Waals surface area contributed by atoms with E-state index in [2.05, 4.69) is 10.6 Å². The van der Waals surface area contributed by atoms with E-state index in [9.17, 15) is 18.3 Å². The lowest BCUT2D eigenvalue weighted by Gasteiger charge is -2.21. The Morgan fingerprint density at radius 3 is 2.19 bits per heavy atom. The minimum atomic E-state index is -3.22. The largest absolute Gasteiger partial charge is 0.387 e. The van der Waals surface area contributed by atoms with Crippen LogP contribution >= 0.6 is 0 Å². The molecule has 2 aromatic rings. The highest BCUT2D eigenvalue weighted by Gasteiger charge is 2.31. The average molecular weight is 374 g/mol. The molecule has 0 bridgehead atoms. The van der Waals surface area contributed by atoms with Gasteiger partial charge in [0.1, 0.15) is 0 Å². The average Bonchev–Trinajstić information content (AvgIpc) is 3.06. The number of β-amino-alcohol motifs (C(OH)–C–C–N with tert-alkyl or cyclic N) is 1. The Morgan fingerprint density at radius 1 is 1.12 bits per heavy atom. The van der Waals surface area contributed by atoms with Gasteiger partial charge in [0, 0.05) is 24.9 Å². The molecular weight excluding hydrogens is 352 g/mol. The van der Waals surface area contributed by atoms with Crippen molar-refractivity contribution in [1.82, 2.24) is 10.6 Å². The van der Waals surface area contributed by atoms with Gasteiger partial charge in [0.25, 0.3) is 5.91 Å².